The van der Waals surface area contributed by atoms with Gasteiger partial charge in [-0.3, -0.25) is 4.79 Å². The number of hydrogen-bond donors (Lipinski definition) is 2. The van der Waals surface area contributed by atoms with Crippen LogP contribution < -0.4 is 10.6 Å². The molecule has 1 aromatic carbocycles. The van der Waals surface area contributed by atoms with E-state index in [1.165, 1.54) is 31.4 Å². The summed E-state index contributed by atoms with van der Waals surface area (Å²) in [6.45, 7) is 1.48. The molecule has 23 heavy (non-hydrogen) atoms. The van der Waals surface area contributed by atoms with Crippen LogP contribution in [-0.2, 0) is 4.79 Å². The highest BCUT2D eigenvalue weighted by Crippen LogP contribution is 2.31. The molecule has 1 heterocycles. The third-order valence-corrected chi connectivity index (χ3v) is 5.20. The Labute approximate surface area is 135 Å². The lowest BCUT2D eigenvalue weighted by Gasteiger charge is -2.33. The van der Waals surface area contributed by atoms with Crippen molar-refractivity contribution >= 4 is 5.91 Å². The van der Waals surface area contributed by atoms with Crippen LogP contribution in [0, 0.1) is 17.6 Å². The van der Waals surface area contributed by atoms with Crippen LogP contribution in [-0.4, -0.2) is 25.0 Å². The van der Waals surface area contributed by atoms with Gasteiger partial charge in [-0.1, -0.05) is 25.3 Å². The van der Waals surface area contributed by atoms with E-state index in [1.807, 2.05) is 0 Å². The van der Waals surface area contributed by atoms with Crippen molar-refractivity contribution in [3.8, 4) is 0 Å². The number of benzene rings is 1. The summed E-state index contributed by atoms with van der Waals surface area (Å²) in [4.78, 5) is 12.2. The number of hydrogen-bond acceptors (Lipinski definition) is 2. The zero-order valence-electron chi connectivity index (χ0n) is 13.3. The predicted octanol–water partition coefficient (Wildman–Crippen LogP) is 3.11. The van der Waals surface area contributed by atoms with Crippen molar-refractivity contribution in [3.05, 3.63) is 35.4 Å². The molecule has 5 heteroatoms. The van der Waals surface area contributed by atoms with E-state index >= 15 is 0 Å². The predicted molar refractivity (Wildman–Crippen MR) is 85.1 cm³/mol. The molecule has 0 aromatic heterocycles. The standard InChI is InChI=1S/C18H24F2N2O/c19-15-6-5-13(10-16(15)20)14-8-9-21-11-17(14)22-18(23)7-4-12-2-1-3-12/h5-6,10,12,14,17,21H,1-4,7-9,11H2,(H,22,23). The Kier molecular flexibility index (Phi) is 5.26. The summed E-state index contributed by atoms with van der Waals surface area (Å²) >= 11 is 0. The van der Waals surface area contributed by atoms with Crippen molar-refractivity contribution in [1.29, 1.82) is 0 Å². The Hall–Kier alpha value is -1.49. The lowest BCUT2D eigenvalue weighted by molar-refractivity contribution is -0.122. The molecule has 3 rings (SSSR count). The quantitative estimate of drug-likeness (QED) is 0.874. The fraction of sp³-hybridized carbons (Fsp3) is 0.611. The minimum Gasteiger partial charge on any atom is -0.351 e. The molecule has 2 unspecified atom stereocenters. The van der Waals surface area contributed by atoms with Crippen molar-refractivity contribution in [3.63, 3.8) is 0 Å². The highest BCUT2D eigenvalue weighted by molar-refractivity contribution is 5.76. The molecule has 2 atom stereocenters. The lowest BCUT2D eigenvalue weighted by atomic mass is 9.82. The maximum Gasteiger partial charge on any atom is 0.220 e. The van der Waals surface area contributed by atoms with Crippen LogP contribution in [0.15, 0.2) is 18.2 Å². The van der Waals surface area contributed by atoms with Crippen molar-refractivity contribution in [2.45, 2.75) is 50.5 Å². The molecule has 1 aromatic rings. The van der Waals surface area contributed by atoms with Gasteiger partial charge in [0.1, 0.15) is 0 Å². The average molecular weight is 322 g/mol. The van der Waals surface area contributed by atoms with E-state index in [9.17, 15) is 13.6 Å². The lowest BCUT2D eigenvalue weighted by Crippen LogP contribution is -2.50. The zero-order chi connectivity index (χ0) is 16.2. The third kappa shape index (κ3) is 4.08. The van der Waals surface area contributed by atoms with E-state index in [1.54, 1.807) is 6.07 Å². The summed E-state index contributed by atoms with van der Waals surface area (Å²) in [6.07, 6.45) is 6.11. The Morgan fingerprint density at radius 1 is 1.22 bits per heavy atom. The van der Waals surface area contributed by atoms with Crippen LogP contribution in [0.3, 0.4) is 0 Å². The number of carbonyl (C=O) groups is 1. The van der Waals surface area contributed by atoms with Gasteiger partial charge < -0.3 is 10.6 Å². The number of piperidine rings is 1. The van der Waals surface area contributed by atoms with Crippen molar-refractivity contribution in [2.24, 2.45) is 5.92 Å². The van der Waals surface area contributed by atoms with Crippen LogP contribution in [0.25, 0.3) is 0 Å². The van der Waals surface area contributed by atoms with Gasteiger partial charge in [-0.15, -0.1) is 0 Å². The number of rotatable bonds is 5. The van der Waals surface area contributed by atoms with Crippen LogP contribution >= 0.6 is 0 Å². The van der Waals surface area contributed by atoms with E-state index in [2.05, 4.69) is 10.6 Å². The van der Waals surface area contributed by atoms with Gasteiger partial charge in [0.2, 0.25) is 5.91 Å². The molecule has 1 saturated carbocycles. The molecule has 1 aliphatic heterocycles. The van der Waals surface area contributed by atoms with Crippen LogP contribution in [0.5, 0.6) is 0 Å². The fourth-order valence-electron chi connectivity index (χ4n) is 3.55. The highest BCUT2D eigenvalue weighted by Gasteiger charge is 2.28. The van der Waals surface area contributed by atoms with Gasteiger partial charge in [-0.2, -0.15) is 0 Å². The molecule has 3 nitrogen and oxygen atoms in total. The molecule has 2 aliphatic rings. The maximum absolute atomic E-state index is 13.5. The summed E-state index contributed by atoms with van der Waals surface area (Å²) in [5.41, 5.74) is 0.759. The summed E-state index contributed by atoms with van der Waals surface area (Å²) in [5.74, 6) is -0.843. The molecular weight excluding hydrogens is 298 g/mol. The molecule has 2 N–H and O–H groups in total. The van der Waals surface area contributed by atoms with Gasteiger partial charge in [-0.25, -0.2) is 8.78 Å². The Balaban J connectivity index is 1.61. The van der Waals surface area contributed by atoms with E-state index in [4.69, 9.17) is 0 Å². The normalized spacial score (nSPS) is 25.0. The molecule has 1 aliphatic carbocycles. The molecule has 2 fully saturated rings. The van der Waals surface area contributed by atoms with Gasteiger partial charge >= 0.3 is 0 Å². The molecule has 126 valence electrons. The minimum atomic E-state index is -0.830. The Morgan fingerprint density at radius 2 is 2.04 bits per heavy atom. The SMILES string of the molecule is O=C(CCC1CCC1)NC1CNCCC1c1ccc(F)c(F)c1. The third-order valence-electron chi connectivity index (χ3n) is 5.20. The molecule has 0 radical (unpaired) electrons. The fourth-order valence-corrected chi connectivity index (χ4v) is 3.55. The first-order chi connectivity index (χ1) is 11.1. The summed E-state index contributed by atoms with van der Waals surface area (Å²) < 4.78 is 26.6. The van der Waals surface area contributed by atoms with E-state index < -0.39 is 11.6 Å². The molecule has 1 amide bonds. The van der Waals surface area contributed by atoms with Crippen LogP contribution in [0.1, 0.15) is 50.0 Å². The first kappa shape index (κ1) is 16.4. The summed E-state index contributed by atoms with van der Waals surface area (Å²) in [7, 11) is 0. The smallest absolute Gasteiger partial charge is 0.220 e. The molecule has 1 saturated heterocycles. The number of amides is 1. The number of carbonyl (C=O) groups excluding carboxylic acids is 1. The second kappa shape index (κ2) is 7.39. The van der Waals surface area contributed by atoms with Crippen molar-refractivity contribution in [2.75, 3.05) is 13.1 Å². The highest BCUT2D eigenvalue weighted by atomic mass is 19.2. The van der Waals surface area contributed by atoms with Gasteiger partial charge in [-0.05, 0) is 43.0 Å². The number of halogens is 2. The van der Waals surface area contributed by atoms with Crippen molar-refractivity contribution < 1.29 is 13.6 Å². The molecular formula is C18H24F2N2O. The minimum absolute atomic E-state index is 0.0269. The van der Waals surface area contributed by atoms with Gasteiger partial charge in [0.25, 0.3) is 0 Å². The van der Waals surface area contributed by atoms with E-state index in [0.717, 1.165) is 24.9 Å². The average Bonchev–Trinajstić information content (AvgIpc) is 2.49. The monoisotopic (exact) mass is 322 g/mol. The van der Waals surface area contributed by atoms with Gasteiger partial charge in [0, 0.05) is 24.9 Å². The summed E-state index contributed by atoms with van der Waals surface area (Å²) in [6, 6.07) is 3.99. The number of nitrogens with one attached hydrogen (secondary N) is 2. The van der Waals surface area contributed by atoms with Crippen molar-refractivity contribution in [1.82, 2.24) is 10.6 Å². The topological polar surface area (TPSA) is 41.1 Å². The second-order valence-corrected chi connectivity index (χ2v) is 6.78. The summed E-state index contributed by atoms with van der Waals surface area (Å²) in [5, 5.41) is 6.36. The largest absolute Gasteiger partial charge is 0.351 e. The molecule has 0 spiro atoms. The van der Waals surface area contributed by atoms with Gasteiger partial charge in [0.05, 0.1) is 0 Å². The second-order valence-electron chi connectivity index (χ2n) is 6.78. The van der Waals surface area contributed by atoms with Gasteiger partial charge in [0.15, 0.2) is 11.6 Å². The first-order valence-corrected chi connectivity index (χ1v) is 8.58. The van der Waals surface area contributed by atoms with E-state index in [0.29, 0.717) is 18.9 Å². The van der Waals surface area contributed by atoms with Crippen LogP contribution in [0.4, 0.5) is 8.78 Å². The van der Waals surface area contributed by atoms with E-state index in [-0.39, 0.29) is 17.9 Å². The first-order valence-electron chi connectivity index (χ1n) is 8.58. The zero-order valence-corrected chi connectivity index (χ0v) is 13.3. The Bertz CT molecular complexity index is 560. The Morgan fingerprint density at radius 3 is 2.74 bits per heavy atom. The molecule has 0 bridgehead atoms. The maximum atomic E-state index is 13.5. The van der Waals surface area contributed by atoms with Crippen LogP contribution in [0.2, 0.25) is 0 Å².